The van der Waals surface area contributed by atoms with E-state index in [9.17, 15) is 4.79 Å². The summed E-state index contributed by atoms with van der Waals surface area (Å²) in [5, 5.41) is 13.3. The first-order valence-electron chi connectivity index (χ1n) is 4.00. The zero-order chi connectivity index (χ0) is 10.8. The van der Waals surface area contributed by atoms with Crippen molar-refractivity contribution in [3.63, 3.8) is 0 Å². The van der Waals surface area contributed by atoms with Crippen LogP contribution in [0.4, 0.5) is 0 Å². The lowest BCUT2D eigenvalue weighted by atomic mass is 10.1. The minimum Gasteiger partial charge on any atom is -0.477 e. The highest BCUT2D eigenvalue weighted by Gasteiger charge is 2.16. The van der Waals surface area contributed by atoms with Crippen molar-refractivity contribution in [2.75, 3.05) is 0 Å². The average molecular weight is 241 g/mol. The second-order valence-electron chi connectivity index (χ2n) is 2.76. The molecule has 0 saturated carbocycles. The topological polar surface area (TPSA) is 63.1 Å². The van der Waals surface area contributed by atoms with Gasteiger partial charge in [0.25, 0.3) is 0 Å². The number of halogens is 1. The summed E-state index contributed by atoms with van der Waals surface area (Å²) >= 11 is 6.59. The van der Waals surface area contributed by atoms with Crippen molar-refractivity contribution in [3.05, 3.63) is 34.2 Å². The van der Waals surface area contributed by atoms with Crippen LogP contribution in [0.3, 0.4) is 0 Å². The Morgan fingerprint density at radius 1 is 1.33 bits per heavy atom. The van der Waals surface area contributed by atoms with Gasteiger partial charge in [-0.2, -0.15) is 0 Å². The predicted octanol–water partition coefficient (Wildman–Crippen LogP) is 2.56. The van der Waals surface area contributed by atoms with Gasteiger partial charge in [0.15, 0.2) is 4.88 Å². The molecular formula is C9H5ClN2O2S. The van der Waals surface area contributed by atoms with Gasteiger partial charge in [0, 0.05) is 10.6 Å². The summed E-state index contributed by atoms with van der Waals surface area (Å²) in [4.78, 5) is 11.0. The molecule has 0 fully saturated rings. The Balaban J connectivity index is 2.49. The van der Waals surface area contributed by atoms with E-state index in [1.54, 1.807) is 24.3 Å². The third-order valence-corrected chi connectivity index (χ3v) is 2.77. The van der Waals surface area contributed by atoms with Gasteiger partial charge in [-0.15, -0.1) is 5.10 Å². The first-order valence-corrected chi connectivity index (χ1v) is 5.15. The fourth-order valence-electron chi connectivity index (χ4n) is 1.13. The first-order chi connectivity index (χ1) is 7.18. The minimum atomic E-state index is -1.02. The highest BCUT2D eigenvalue weighted by atomic mass is 35.5. The number of aromatic carboxylic acids is 1. The van der Waals surface area contributed by atoms with Crippen LogP contribution in [0.5, 0.6) is 0 Å². The zero-order valence-electron chi connectivity index (χ0n) is 7.35. The Morgan fingerprint density at radius 2 is 2.00 bits per heavy atom. The number of hydrogen-bond acceptors (Lipinski definition) is 4. The standard InChI is InChI=1S/C9H5ClN2O2S/c10-6-3-1-5(2-4-6)7-8(9(13)14)15-12-11-7/h1-4H,(H,13,14). The Hall–Kier alpha value is -1.46. The number of carboxylic acids is 1. The normalized spacial score (nSPS) is 10.2. The van der Waals surface area contributed by atoms with Gasteiger partial charge in [-0.05, 0) is 23.7 Å². The summed E-state index contributed by atoms with van der Waals surface area (Å²) in [7, 11) is 0. The van der Waals surface area contributed by atoms with Crippen LogP contribution in [0.25, 0.3) is 11.3 Å². The molecule has 0 aliphatic carbocycles. The van der Waals surface area contributed by atoms with E-state index in [1.165, 1.54) is 0 Å². The Morgan fingerprint density at radius 3 is 2.60 bits per heavy atom. The van der Waals surface area contributed by atoms with Gasteiger partial charge in [0.05, 0.1) is 0 Å². The number of carboxylic acid groups (broad SMARTS) is 1. The highest BCUT2D eigenvalue weighted by Crippen LogP contribution is 2.24. The molecule has 1 aromatic carbocycles. The molecule has 6 heteroatoms. The molecule has 2 aromatic rings. The van der Waals surface area contributed by atoms with Crippen molar-refractivity contribution in [1.82, 2.24) is 9.59 Å². The molecule has 1 aromatic heterocycles. The van der Waals surface area contributed by atoms with Crippen molar-refractivity contribution in [2.24, 2.45) is 0 Å². The van der Waals surface area contributed by atoms with Gasteiger partial charge in [0.1, 0.15) is 5.69 Å². The maximum absolute atomic E-state index is 10.8. The fourth-order valence-corrected chi connectivity index (χ4v) is 1.78. The Kier molecular flexibility index (Phi) is 2.66. The molecule has 0 bridgehead atoms. The summed E-state index contributed by atoms with van der Waals surface area (Å²) in [5.74, 6) is -1.02. The van der Waals surface area contributed by atoms with Gasteiger partial charge in [-0.25, -0.2) is 4.79 Å². The maximum atomic E-state index is 10.8. The predicted molar refractivity (Wildman–Crippen MR) is 57.3 cm³/mol. The highest BCUT2D eigenvalue weighted by molar-refractivity contribution is 7.08. The SMILES string of the molecule is O=C(O)c1snnc1-c1ccc(Cl)cc1. The lowest BCUT2D eigenvalue weighted by molar-refractivity contribution is 0.0702. The number of carbonyl (C=O) groups is 1. The second kappa shape index (κ2) is 3.96. The molecule has 0 aliphatic rings. The van der Waals surface area contributed by atoms with Crippen molar-refractivity contribution >= 4 is 29.1 Å². The third kappa shape index (κ3) is 1.98. The van der Waals surface area contributed by atoms with E-state index in [4.69, 9.17) is 16.7 Å². The number of hydrogen-bond donors (Lipinski definition) is 1. The van der Waals surface area contributed by atoms with Crippen LogP contribution in [0, 0.1) is 0 Å². The monoisotopic (exact) mass is 240 g/mol. The Labute approximate surface area is 94.3 Å². The first kappa shape index (κ1) is 10.1. The molecule has 1 heterocycles. The zero-order valence-corrected chi connectivity index (χ0v) is 8.92. The van der Waals surface area contributed by atoms with Crippen molar-refractivity contribution in [1.29, 1.82) is 0 Å². The third-order valence-electron chi connectivity index (χ3n) is 1.80. The van der Waals surface area contributed by atoms with E-state index in [1.807, 2.05) is 0 Å². The molecule has 0 atom stereocenters. The van der Waals surface area contributed by atoms with Gasteiger partial charge >= 0.3 is 5.97 Å². The molecule has 76 valence electrons. The van der Waals surface area contributed by atoms with Crippen LogP contribution < -0.4 is 0 Å². The van der Waals surface area contributed by atoms with Crippen LogP contribution in [-0.2, 0) is 0 Å². The minimum absolute atomic E-state index is 0.136. The number of rotatable bonds is 2. The van der Waals surface area contributed by atoms with E-state index in [-0.39, 0.29) is 4.88 Å². The molecule has 0 radical (unpaired) electrons. The molecule has 0 unspecified atom stereocenters. The number of benzene rings is 1. The fraction of sp³-hybridized carbons (Fsp3) is 0. The molecule has 4 nitrogen and oxygen atoms in total. The molecule has 1 N–H and O–H groups in total. The maximum Gasteiger partial charge on any atom is 0.349 e. The van der Waals surface area contributed by atoms with Gasteiger partial charge < -0.3 is 5.11 Å². The van der Waals surface area contributed by atoms with Crippen molar-refractivity contribution in [3.8, 4) is 11.3 Å². The van der Waals surface area contributed by atoms with Gasteiger partial charge in [0.2, 0.25) is 0 Å². The summed E-state index contributed by atoms with van der Waals surface area (Å²) < 4.78 is 3.62. The van der Waals surface area contributed by atoms with Crippen LogP contribution in [0.2, 0.25) is 5.02 Å². The summed E-state index contributed by atoms with van der Waals surface area (Å²) in [6.45, 7) is 0. The molecule has 15 heavy (non-hydrogen) atoms. The lowest BCUT2D eigenvalue weighted by Crippen LogP contribution is -1.95. The summed E-state index contributed by atoms with van der Waals surface area (Å²) in [5.41, 5.74) is 1.08. The van der Waals surface area contributed by atoms with Crippen LogP contribution in [0.1, 0.15) is 9.67 Å². The molecule has 0 saturated heterocycles. The van der Waals surface area contributed by atoms with Crippen LogP contribution in [0.15, 0.2) is 24.3 Å². The van der Waals surface area contributed by atoms with Crippen LogP contribution >= 0.6 is 23.1 Å². The lowest BCUT2D eigenvalue weighted by Gasteiger charge is -1.97. The second-order valence-corrected chi connectivity index (χ2v) is 3.95. The molecular weight excluding hydrogens is 236 g/mol. The number of nitrogens with zero attached hydrogens (tertiary/aromatic N) is 2. The molecule has 0 aliphatic heterocycles. The van der Waals surface area contributed by atoms with E-state index < -0.39 is 5.97 Å². The molecule has 0 spiro atoms. The van der Waals surface area contributed by atoms with Crippen LogP contribution in [-0.4, -0.2) is 20.7 Å². The summed E-state index contributed by atoms with van der Waals surface area (Å²) in [6.07, 6.45) is 0. The van der Waals surface area contributed by atoms with Crippen molar-refractivity contribution < 1.29 is 9.90 Å². The van der Waals surface area contributed by atoms with E-state index in [0.717, 1.165) is 11.5 Å². The van der Waals surface area contributed by atoms with E-state index in [2.05, 4.69) is 9.59 Å². The average Bonchev–Trinajstić information content (AvgIpc) is 2.67. The van der Waals surface area contributed by atoms with E-state index in [0.29, 0.717) is 16.3 Å². The molecule has 0 amide bonds. The Bertz CT molecular complexity index is 495. The summed E-state index contributed by atoms with van der Waals surface area (Å²) in [6, 6.07) is 6.79. The van der Waals surface area contributed by atoms with Gasteiger partial charge in [-0.1, -0.05) is 28.2 Å². The largest absolute Gasteiger partial charge is 0.477 e. The van der Waals surface area contributed by atoms with E-state index >= 15 is 0 Å². The quantitative estimate of drug-likeness (QED) is 0.876. The molecule has 2 rings (SSSR count). The van der Waals surface area contributed by atoms with Crippen molar-refractivity contribution in [2.45, 2.75) is 0 Å². The smallest absolute Gasteiger partial charge is 0.349 e. The number of aromatic nitrogens is 2. The van der Waals surface area contributed by atoms with Gasteiger partial charge in [-0.3, -0.25) is 0 Å².